The van der Waals surface area contributed by atoms with Gasteiger partial charge in [0, 0.05) is 36.8 Å². The number of pyridine rings is 1. The van der Waals surface area contributed by atoms with Gasteiger partial charge in [0.25, 0.3) is 0 Å². The molecule has 1 aliphatic rings. The van der Waals surface area contributed by atoms with Crippen LogP contribution in [0.4, 0.5) is 10.1 Å². The van der Waals surface area contributed by atoms with Crippen molar-refractivity contribution in [1.82, 2.24) is 4.98 Å². The summed E-state index contributed by atoms with van der Waals surface area (Å²) in [6, 6.07) is 14.1. The standard InChI is InChI=1S/C28H30ClFN2O3/c1-28(2)12-14-32(15-13-28)26-23(17-25(33)34)27(29)31-18-24(26)20-5-9-22(10-6-20)35-16-11-19-3-7-21(30)8-4-19/h3-10,18H,11-17H2,1-2H3,(H,33,34). The van der Waals surface area contributed by atoms with Crippen LogP contribution in [0.15, 0.2) is 54.7 Å². The third kappa shape index (κ3) is 6.31. The fraction of sp³-hybridized carbons (Fsp3) is 0.357. The lowest BCUT2D eigenvalue weighted by molar-refractivity contribution is -0.136. The molecule has 3 aromatic rings. The van der Waals surface area contributed by atoms with Gasteiger partial charge in [-0.1, -0.05) is 49.7 Å². The molecule has 1 fully saturated rings. The molecule has 2 aromatic carbocycles. The summed E-state index contributed by atoms with van der Waals surface area (Å²) >= 11 is 6.41. The van der Waals surface area contributed by atoms with E-state index in [-0.39, 0.29) is 22.8 Å². The first kappa shape index (κ1) is 25.0. The number of aromatic nitrogens is 1. The maximum atomic E-state index is 13.1. The Morgan fingerprint density at radius 1 is 1.11 bits per heavy atom. The van der Waals surface area contributed by atoms with E-state index in [1.165, 1.54) is 12.1 Å². The molecular formula is C28H30ClFN2O3. The molecule has 184 valence electrons. The van der Waals surface area contributed by atoms with Crippen LogP contribution >= 0.6 is 11.6 Å². The number of nitrogens with zero attached hydrogens (tertiary/aromatic N) is 2. The second kappa shape index (κ2) is 10.6. The molecule has 35 heavy (non-hydrogen) atoms. The molecule has 5 nitrogen and oxygen atoms in total. The number of carbonyl (C=O) groups is 1. The van der Waals surface area contributed by atoms with E-state index in [0.717, 1.165) is 54.1 Å². The van der Waals surface area contributed by atoms with Crippen molar-refractivity contribution in [2.24, 2.45) is 5.41 Å². The smallest absolute Gasteiger partial charge is 0.308 e. The molecule has 4 rings (SSSR count). The predicted molar refractivity (Wildman–Crippen MR) is 137 cm³/mol. The van der Waals surface area contributed by atoms with Crippen molar-refractivity contribution >= 4 is 23.3 Å². The number of aliphatic carboxylic acids is 1. The summed E-state index contributed by atoms with van der Waals surface area (Å²) < 4.78 is 18.9. The number of anilines is 1. The van der Waals surface area contributed by atoms with Crippen molar-refractivity contribution in [1.29, 1.82) is 0 Å². The van der Waals surface area contributed by atoms with Gasteiger partial charge in [-0.15, -0.1) is 0 Å². The highest BCUT2D eigenvalue weighted by atomic mass is 35.5. The summed E-state index contributed by atoms with van der Waals surface area (Å²) in [5.41, 5.74) is 4.46. The van der Waals surface area contributed by atoms with Crippen LogP contribution in [0.1, 0.15) is 37.8 Å². The van der Waals surface area contributed by atoms with Gasteiger partial charge >= 0.3 is 5.97 Å². The minimum absolute atomic E-state index is 0.181. The Morgan fingerprint density at radius 2 is 1.77 bits per heavy atom. The average Bonchev–Trinajstić information content (AvgIpc) is 2.82. The first-order valence-electron chi connectivity index (χ1n) is 11.8. The molecule has 0 bridgehead atoms. The van der Waals surface area contributed by atoms with Gasteiger partial charge in [-0.3, -0.25) is 4.79 Å². The lowest BCUT2D eigenvalue weighted by atomic mass is 9.82. The molecule has 0 atom stereocenters. The van der Waals surface area contributed by atoms with E-state index in [0.29, 0.717) is 18.6 Å². The monoisotopic (exact) mass is 496 g/mol. The number of ether oxygens (including phenoxy) is 1. The molecule has 0 radical (unpaired) electrons. The van der Waals surface area contributed by atoms with E-state index >= 15 is 0 Å². The Hall–Kier alpha value is -3.12. The molecule has 0 amide bonds. The summed E-state index contributed by atoms with van der Waals surface area (Å²) in [6.45, 7) is 6.66. The van der Waals surface area contributed by atoms with Crippen molar-refractivity contribution in [3.05, 3.63) is 76.8 Å². The van der Waals surface area contributed by atoms with Gasteiger partial charge in [0.15, 0.2) is 0 Å². The Morgan fingerprint density at radius 3 is 2.40 bits per heavy atom. The van der Waals surface area contributed by atoms with E-state index < -0.39 is 5.97 Å². The number of hydrogen-bond acceptors (Lipinski definition) is 4. The minimum atomic E-state index is -0.936. The van der Waals surface area contributed by atoms with Crippen LogP contribution in [0.25, 0.3) is 11.1 Å². The second-order valence-electron chi connectivity index (χ2n) is 9.76. The Labute approximate surface area is 210 Å². The molecule has 1 aromatic heterocycles. The van der Waals surface area contributed by atoms with E-state index in [2.05, 4.69) is 23.7 Å². The minimum Gasteiger partial charge on any atom is -0.493 e. The highest BCUT2D eigenvalue weighted by Crippen LogP contribution is 2.41. The second-order valence-corrected chi connectivity index (χ2v) is 10.1. The normalized spacial score (nSPS) is 15.1. The number of benzene rings is 2. The molecule has 0 saturated carbocycles. The van der Waals surface area contributed by atoms with Crippen molar-refractivity contribution in [2.75, 3.05) is 24.6 Å². The lowest BCUT2D eigenvalue weighted by Crippen LogP contribution is -2.38. The van der Waals surface area contributed by atoms with Crippen LogP contribution in [0, 0.1) is 11.2 Å². The Bertz CT molecular complexity index is 1170. The summed E-state index contributed by atoms with van der Waals surface area (Å²) in [7, 11) is 0. The highest BCUT2D eigenvalue weighted by Gasteiger charge is 2.29. The fourth-order valence-corrected chi connectivity index (χ4v) is 4.61. The molecule has 1 N–H and O–H groups in total. The number of piperidine rings is 1. The van der Waals surface area contributed by atoms with Crippen molar-refractivity contribution < 1.29 is 19.0 Å². The molecule has 0 spiro atoms. The number of rotatable bonds is 8. The van der Waals surface area contributed by atoms with Gasteiger partial charge in [0.05, 0.1) is 18.7 Å². The third-order valence-electron chi connectivity index (χ3n) is 6.60. The lowest BCUT2D eigenvalue weighted by Gasteiger charge is -2.40. The maximum absolute atomic E-state index is 13.1. The zero-order valence-electron chi connectivity index (χ0n) is 20.1. The van der Waals surface area contributed by atoms with E-state index in [1.807, 2.05) is 24.3 Å². The molecular weight excluding hydrogens is 467 g/mol. The molecule has 0 aliphatic carbocycles. The zero-order valence-corrected chi connectivity index (χ0v) is 20.8. The predicted octanol–water partition coefficient (Wildman–Crippen LogP) is 6.42. The van der Waals surface area contributed by atoms with Crippen molar-refractivity contribution in [3.63, 3.8) is 0 Å². The van der Waals surface area contributed by atoms with Crippen molar-refractivity contribution in [2.45, 2.75) is 39.5 Å². The van der Waals surface area contributed by atoms with Crippen LogP contribution in [-0.4, -0.2) is 35.8 Å². The number of hydrogen-bond donors (Lipinski definition) is 1. The van der Waals surface area contributed by atoms with Crippen LogP contribution in [0.3, 0.4) is 0 Å². The first-order chi connectivity index (χ1) is 16.7. The van der Waals surface area contributed by atoms with Gasteiger partial charge in [0.1, 0.15) is 16.7 Å². The van der Waals surface area contributed by atoms with Crippen molar-refractivity contribution in [3.8, 4) is 16.9 Å². The van der Waals surface area contributed by atoms with Crippen LogP contribution in [-0.2, 0) is 17.6 Å². The number of carboxylic acids is 1. The van der Waals surface area contributed by atoms with Gasteiger partial charge in [-0.25, -0.2) is 9.37 Å². The molecule has 2 heterocycles. The number of halogens is 2. The zero-order chi connectivity index (χ0) is 25.0. The summed E-state index contributed by atoms with van der Waals surface area (Å²) in [4.78, 5) is 18.2. The topological polar surface area (TPSA) is 62.7 Å². The summed E-state index contributed by atoms with van der Waals surface area (Å²) in [5.74, 6) is -0.458. The quantitative estimate of drug-likeness (QED) is 0.365. The van der Waals surface area contributed by atoms with Gasteiger partial charge in [-0.05, 0) is 53.6 Å². The maximum Gasteiger partial charge on any atom is 0.308 e. The molecule has 0 unspecified atom stereocenters. The first-order valence-corrected chi connectivity index (χ1v) is 12.2. The van der Waals surface area contributed by atoms with Crippen LogP contribution in [0.5, 0.6) is 5.75 Å². The van der Waals surface area contributed by atoms with Crippen LogP contribution < -0.4 is 9.64 Å². The molecule has 1 saturated heterocycles. The summed E-state index contributed by atoms with van der Waals surface area (Å²) in [6.07, 6.45) is 4.25. The molecule has 1 aliphatic heterocycles. The number of carboxylic acid groups (broad SMARTS) is 1. The average molecular weight is 497 g/mol. The van der Waals surface area contributed by atoms with Gasteiger partial charge in [-0.2, -0.15) is 0 Å². The van der Waals surface area contributed by atoms with Gasteiger partial charge < -0.3 is 14.7 Å². The SMILES string of the molecule is CC1(C)CCN(c2c(-c3ccc(OCCc4ccc(F)cc4)cc3)cnc(Cl)c2CC(=O)O)CC1. The summed E-state index contributed by atoms with van der Waals surface area (Å²) in [5, 5.41) is 9.77. The van der Waals surface area contributed by atoms with Crippen LogP contribution in [0.2, 0.25) is 5.15 Å². The highest BCUT2D eigenvalue weighted by molar-refractivity contribution is 6.31. The molecule has 7 heteroatoms. The van der Waals surface area contributed by atoms with E-state index in [4.69, 9.17) is 16.3 Å². The van der Waals surface area contributed by atoms with E-state index in [9.17, 15) is 14.3 Å². The van der Waals surface area contributed by atoms with Gasteiger partial charge in [0.2, 0.25) is 0 Å². The van der Waals surface area contributed by atoms with E-state index in [1.54, 1.807) is 18.3 Å². The third-order valence-corrected chi connectivity index (χ3v) is 6.92. The fourth-order valence-electron chi connectivity index (χ4n) is 4.41. The Kier molecular flexibility index (Phi) is 7.60. The Balaban J connectivity index is 1.56. The largest absolute Gasteiger partial charge is 0.493 e.